The van der Waals surface area contributed by atoms with Crippen LogP contribution in [0.4, 0.5) is 0 Å². The zero-order valence-corrected chi connectivity index (χ0v) is 15.8. The number of sulfone groups is 1. The smallest absolute Gasteiger partial charge is 0.184 e. The van der Waals surface area contributed by atoms with E-state index in [2.05, 4.69) is 5.10 Å². The molecule has 0 N–H and O–H groups in total. The van der Waals surface area contributed by atoms with E-state index in [0.29, 0.717) is 14.6 Å². The number of rotatable bonds is 6. The van der Waals surface area contributed by atoms with Gasteiger partial charge in [-0.05, 0) is 36.5 Å². The maximum absolute atomic E-state index is 12.3. The van der Waals surface area contributed by atoms with Gasteiger partial charge in [0.05, 0.1) is 16.3 Å². The molecule has 3 aromatic rings. The fourth-order valence-electron chi connectivity index (χ4n) is 2.04. The second kappa shape index (κ2) is 7.60. The van der Waals surface area contributed by atoms with Gasteiger partial charge < -0.3 is 0 Å². The van der Waals surface area contributed by atoms with Crippen molar-refractivity contribution in [3.8, 4) is 5.69 Å². The second-order valence-electron chi connectivity index (χ2n) is 4.86. The molecule has 0 radical (unpaired) electrons. The van der Waals surface area contributed by atoms with Gasteiger partial charge in [-0.2, -0.15) is 0 Å². The van der Waals surface area contributed by atoms with Crippen LogP contribution in [0.2, 0.25) is 0 Å². The zero-order valence-electron chi connectivity index (χ0n) is 12.5. The Hall–Kier alpha value is -1.48. The molecule has 0 spiro atoms. The highest BCUT2D eigenvalue weighted by atomic mass is 32.2. The maximum atomic E-state index is 12.3. The molecule has 0 unspecified atom stereocenters. The van der Waals surface area contributed by atoms with Gasteiger partial charge in [0, 0.05) is 5.75 Å². The molecular weight excluding hydrogens is 380 g/mol. The Morgan fingerprint density at radius 2 is 1.67 bits per heavy atom. The summed E-state index contributed by atoms with van der Waals surface area (Å²) in [5.74, 6) is 0.508. The highest BCUT2D eigenvalue weighted by molar-refractivity contribution is 8.02. The molecule has 3 rings (SSSR count). The van der Waals surface area contributed by atoms with Gasteiger partial charge in [-0.3, -0.25) is 0 Å². The monoisotopic (exact) mass is 394 g/mol. The number of thioether (sulfide) groups is 1. The molecule has 0 saturated heterocycles. The maximum Gasteiger partial charge on any atom is 0.184 e. The van der Waals surface area contributed by atoms with Gasteiger partial charge in [0.2, 0.25) is 0 Å². The summed E-state index contributed by atoms with van der Waals surface area (Å²) in [6.07, 6.45) is 0. The van der Waals surface area contributed by atoms with Crippen LogP contribution in [-0.4, -0.2) is 29.7 Å². The van der Waals surface area contributed by atoms with Gasteiger partial charge in [-0.1, -0.05) is 59.5 Å². The number of para-hydroxylation sites is 1. The summed E-state index contributed by atoms with van der Waals surface area (Å²) < 4.78 is 27.6. The van der Waals surface area contributed by atoms with Crippen molar-refractivity contribution in [3.63, 3.8) is 0 Å². The van der Waals surface area contributed by atoms with Gasteiger partial charge in [0.25, 0.3) is 0 Å². The van der Waals surface area contributed by atoms with Crippen molar-refractivity contribution in [1.82, 2.24) is 9.78 Å². The van der Waals surface area contributed by atoms with Crippen LogP contribution in [-0.2, 0) is 9.84 Å². The van der Waals surface area contributed by atoms with E-state index in [1.807, 2.05) is 30.3 Å². The average Bonchev–Trinajstić information content (AvgIpc) is 2.97. The molecule has 0 bridgehead atoms. The third-order valence-electron chi connectivity index (χ3n) is 3.21. The molecule has 0 aliphatic rings. The first-order valence-electron chi connectivity index (χ1n) is 7.12. The van der Waals surface area contributed by atoms with Crippen LogP contribution in [0.3, 0.4) is 0 Å². The normalized spacial score (nSPS) is 11.5. The lowest BCUT2D eigenvalue weighted by atomic mass is 10.3. The molecule has 24 heavy (non-hydrogen) atoms. The summed E-state index contributed by atoms with van der Waals surface area (Å²) in [7, 11) is -3.26. The summed E-state index contributed by atoms with van der Waals surface area (Å²) in [6, 6.07) is 18.2. The molecule has 4 nitrogen and oxygen atoms in total. The van der Waals surface area contributed by atoms with Crippen LogP contribution < -0.4 is 0 Å². The zero-order chi connectivity index (χ0) is 17.0. The van der Waals surface area contributed by atoms with Gasteiger partial charge in [0.1, 0.15) is 0 Å². The van der Waals surface area contributed by atoms with E-state index in [-0.39, 0.29) is 5.75 Å². The van der Waals surface area contributed by atoms with Gasteiger partial charge in [-0.25, -0.2) is 13.1 Å². The minimum Gasteiger partial charge on any atom is -0.224 e. The highest BCUT2D eigenvalue weighted by Gasteiger charge is 2.14. The molecule has 124 valence electrons. The van der Waals surface area contributed by atoms with E-state index in [1.165, 1.54) is 23.1 Å². The van der Waals surface area contributed by atoms with E-state index in [9.17, 15) is 8.42 Å². The molecule has 0 atom stereocenters. The fourth-order valence-corrected chi connectivity index (χ4v) is 6.14. The first-order valence-corrected chi connectivity index (χ1v) is 11.0. The van der Waals surface area contributed by atoms with E-state index in [0.717, 1.165) is 10.0 Å². The third kappa shape index (κ3) is 4.13. The summed E-state index contributed by atoms with van der Waals surface area (Å²) in [5.41, 5.74) is 0.905. The topological polar surface area (TPSA) is 52.0 Å². The molecule has 0 amide bonds. The van der Waals surface area contributed by atoms with Crippen molar-refractivity contribution in [2.45, 2.75) is 9.24 Å². The second-order valence-corrected chi connectivity index (χ2v) is 9.94. The molecule has 8 heteroatoms. The standard InChI is InChI=1S/C16H14N2O2S4/c19-24(20,14-9-5-2-6-10-14)12-11-22-15-17-18(16(21)23-15)13-7-3-1-4-8-13/h1-10H,11-12H2. The van der Waals surface area contributed by atoms with Crippen LogP contribution in [0.15, 0.2) is 69.9 Å². The summed E-state index contributed by atoms with van der Waals surface area (Å²) in [5, 5.41) is 4.47. The van der Waals surface area contributed by atoms with Crippen LogP contribution in [0.25, 0.3) is 5.69 Å². The fraction of sp³-hybridized carbons (Fsp3) is 0.125. The van der Waals surface area contributed by atoms with Gasteiger partial charge in [0.15, 0.2) is 18.1 Å². The Bertz CT molecular complexity index is 964. The van der Waals surface area contributed by atoms with Crippen LogP contribution in [0.5, 0.6) is 0 Å². The lowest BCUT2D eigenvalue weighted by Gasteiger charge is -2.03. The molecule has 0 saturated carbocycles. The Labute approximate surface area is 154 Å². The number of hydrogen-bond donors (Lipinski definition) is 0. The SMILES string of the molecule is O=S(=O)(CCSc1nn(-c2ccccc2)c(=S)s1)c1ccccc1. The predicted molar refractivity (Wildman–Crippen MR) is 101 cm³/mol. The molecule has 1 aromatic heterocycles. The van der Waals surface area contributed by atoms with Crippen molar-refractivity contribution < 1.29 is 8.42 Å². The Morgan fingerprint density at radius 1 is 1.04 bits per heavy atom. The first-order chi connectivity index (χ1) is 11.6. The predicted octanol–water partition coefficient (Wildman–Crippen LogP) is 4.23. The number of aromatic nitrogens is 2. The molecule has 0 fully saturated rings. The molecule has 0 aliphatic heterocycles. The lowest BCUT2D eigenvalue weighted by Crippen LogP contribution is -2.08. The van der Waals surface area contributed by atoms with E-state index in [4.69, 9.17) is 12.2 Å². The third-order valence-corrected chi connectivity index (χ3v) is 7.57. The van der Waals surface area contributed by atoms with Crippen LogP contribution >= 0.6 is 35.3 Å². The molecule has 2 aromatic carbocycles. The Balaban J connectivity index is 1.67. The summed E-state index contributed by atoms with van der Waals surface area (Å²) in [4.78, 5) is 0.355. The number of hydrogen-bond acceptors (Lipinski definition) is 6. The van der Waals surface area contributed by atoms with Crippen molar-refractivity contribution in [2.24, 2.45) is 0 Å². The van der Waals surface area contributed by atoms with Crippen molar-refractivity contribution >= 4 is 45.2 Å². The van der Waals surface area contributed by atoms with E-state index >= 15 is 0 Å². The Kier molecular flexibility index (Phi) is 5.50. The lowest BCUT2D eigenvalue weighted by molar-refractivity contribution is 0.597. The van der Waals surface area contributed by atoms with Crippen molar-refractivity contribution in [1.29, 1.82) is 0 Å². The Morgan fingerprint density at radius 3 is 2.33 bits per heavy atom. The largest absolute Gasteiger partial charge is 0.224 e. The molecule has 1 heterocycles. The van der Waals surface area contributed by atoms with Gasteiger partial charge in [-0.15, -0.1) is 5.10 Å². The quantitative estimate of drug-likeness (QED) is 0.463. The minimum atomic E-state index is -3.26. The average molecular weight is 395 g/mol. The minimum absolute atomic E-state index is 0.0688. The molecular formula is C16H14N2O2S4. The number of benzene rings is 2. The molecule has 0 aliphatic carbocycles. The van der Waals surface area contributed by atoms with Crippen LogP contribution in [0.1, 0.15) is 0 Å². The summed E-state index contributed by atoms with van der Waals surface area (Å²) >= 11 is 8.15. The van der Waals surface area contributed by atoms with Crippen LogP contribution in [0, 0.1) is 3.95 Å². The highest BCUT2D eigenvalue weighted by Crippen LogP contribution is 2.25. The summed E-state index contributed by atoms with van der Waals surface area (Å²) in [6.45, 7) is 0. The van der Waals surface area contributed by atoms with Gasteiger partial charge >= 0.3 is 0 Å². The van der Waals surface area contributed by atoms with Crippen molar-refractivity contribution in [2.75, 3.05) is 11.5 Å². The number of nitrogens with zero attached hydrogens (tertiary/aromatic N) is 2. The van der Waals surface area contributed by atoms with Crippen molar-refractivity contribution in [3.05, 3.63) is 64.6 Å². The van der Waals surface area contributed by atoms with E-state index < -0.39 is 9.84 Å². The van der Waals surface area contributed by atoms with E-state index in [1.54, 1.807) is 35.0 Å². The first kappa shape index (κ1) is 17.3.